The van der Waals surface area contributed by atoms with E-state index in [0.717, 1.165) is 89.9 Å². The van der Waals surface area contributed by atoms with E-state index in [-0.39, 0.29) is 37.5 Å². The molecule has 418 valence electrons. The van der Waals surface area contributed by atoms with Crippen molar-refractivity contribution in [1.82, 2.24) is 0 Å². The van der Waals surface area contributed by atoms with Crippen molar-refractivity contribution in [3.63, 3.8) is 0 Å². The van der Waals surface area contributed by atoms with Gasteiger partial charge in [-0.25, -0.2) is 0 Å². The lowest BCUT2D eigenvalue weighted by atomic mass is 10.0. The Balaban J connectivity index is 3.96. The largest absolute Gasteiger partial charge is 0.462 e. The van der Waals surface area contributed by atoms with Crippen molar-refractivity contribution in [2.24, 2.45) is 0 Å². The summed E-state index contributed by atoms with van der Waals surface area (Å²) in [6.07, 6.45) is 82.0. The van der Waals surface area contributed by atoms with Crippen LogP contribution in [0.5, 0.6) is 0 Å². The van der Waals surface area contributed by atoms with Crippen molar-refractivity contribution in [3.05, 3.63) is 97.2 Å². The summed E-state index contributed by atoms with van der Waals surface area (Å²) in [6.45, 7) is 6.31. The van der Waals surface area contributed by atoms with E-state index in [1.807, 2.05) is 12.2 Å². The first-order valence-corrected chi connectivity index (χ1v) is 30.7. The lowest BCUT2D eigenvalue weighted by Crippen LogP contribution is -2.30. The highest BCUT2D eigenvalue weighted by atomic mass is 16.6. The van der Waals surface area contributed by atoms with Gasteiger partial charge in [0.25, 0.3) is 0 Å². The molecule has 0 heterocycles. The van der Waals surface area contributed by atoms with Crippen molar-refractivity contribution in [2.75, 3.05) is 13.2 Å². The van der Waals surface area contributed by atoms with E-state index in [1.54, 1.807) is 0 Å². The minimum atomic E-state index is -0.809. The summed E-state index contributed by atoms with van der Waals surface area (Å²) < 4.78 is 16.7. The van der Waals surface area contributed by atoms with Crippen molar-refractivity contribution in [2.45, 2.75) is 297 Å². The molecule has 0 N–H and O–H groups in total. The van der Waals surface area contributed by atoms with Gasteiger partial charge >= 0.3 is 17.9 Å². The van der Waals surface area contributed by atoms with Crippen LogP contribution in [-0.4, -0.2) is 37.2 Å². The van der Waals surface area contributed by atoms with Crippen LogP contribution in [0.2, 0.25) is 0 Å². The van der Waals surface area contributed by atoms with Crippen LogP contribution in [0.15, 0.2) is 97.2 Å². The zero-order chi connectivity index (χ0) is 52.9. The summed E-state index contributed by atoms with van der Waals surface area (Å²) in [5.74, 6) is -0.985. The monoisotopic (exact) mass is 1010 g/mol. The number of esters is 3. The fraction of sp³-hybridized carbons (Fsp3) is 0.716. The van der Waals surface area contributed by atoms with Crippen LogP contribution < -0.4 is 0 Å². The zero-order valence-corrected chi connectivity index (χ0v) is 47.9. The number of hydrogen-bond donors (Lipinski definition) is 0. The summed E-state index contributed by atoms with van der Waals surface area (Å²) in [5.41, 5.74) is 0. The first kappa shape index (κ1) is 69.3. The van der Waals surface area contributed by atoms with Gasteiger partial charge in [0.2, 0.25) is 0 Å². The van der Waals surface area contributed by atoms with E-state index in [1.165, 1.54) is 154 Å². The first-order valence-electron chi connectivity index (χ1n) is 30.7. The number of carbonyl (C=O) groups is 3. The molecule has 0 radical (unpaired) electrons. The zero-order valence-electron chi connectivity index (χ0n) is 47.9. The van der Waals surface area contributed by atoms with Gasteiger partial charge in [-0.1, -0.05) is 285 Å². The smallest absolute Gasteiger partial charge is 0.306 e. The maximum Gasteiger partial charge on any atom is 0.306 e. The molecule has 1 unspecified atom stereocenters. The molecule has 0 aliphatic rings. The van der Waals surface area contributed by atoms with Crippen LogP contribution >= 0.6 is 0 Å². The number of hydrogen-bond acceptors (Lipinski definition) is 6. The SMILES string of the molecule is CC/C=C\C/C=C\C/C=C\C/C=C\CCCCCCCCCCCCCCCCCCCCCCCCC(=O)OCC(COC(=O)CCCCCCCCC)OC(=O)CC/C=C\C/C=C\C/C=C\C/C=C\CC. The second kappa shape index (κ2) is 60.9. The molecule has 0 bridgehead atoms. The molecular weight excluding hydrogens is 901 g/mol. The maximum atomic E-state index is 12.7. The van der Waals surface area contributed by atoms with E-state index in [9.17, 15) is 14.4 Å². The summed E-state index contributed by atoms with van der Waals surface area (Å²) in [5, 5.41) is 0. The molecule has 0 fully saturated rings. The fourth-order valence-corrected chi connectivity index (χ4v) is 8.57. The first-order chi connectivity index (χ1) is 36.0. The summed E-state index contributed by atoms with van der Waals surface area (Å²) in [6, 6.07) is 0. The Morgan fingerprint density at radius 3 is 0.890 bits per heavy atom. The van der Waals surface area contributed by atoms with Gasteiger partial charge in [-0.2, -0.15) is 0 Å². The van der Waals surface area contributed by atoms with E-state index in [4.69, 9.17) is 14.2 Å². The second-order valence-electron chi connectivity index (χ2n) is 20.2. The lowest BCUT2D eigenvalue weighted by Gasteiger charge is -2.18. The van der Waals surface area contributed by atoms with Gasteiger partial charge in [0.15, 0.2) is 6.10 Å². The molecule has 0 amide bonds. The third kappa shape index (κ3) is 59.1. The molecule has 6 heteroatoms. The molecule has 6 nitrogen and oxygen atoms in total. The number of allylic oxidation sites excluding steroid dienone is 16. The predicted octanol–water partition coefficient (Wildman–Crippen LogP) is 20.9. The van der Waals surface area contributed by atoms with Crippen LogP contribution in [0.3, 0.4) is 0 Å². The summed E-state index contributed by atoms with van der Waals surface area (Å²) in [4.78, 5) is 37.8. The Morgan fingerprint density at radius 2 is 0.562 bits per heavy atom. The average Bonchev–Trinajstić information content (AvgIpc) is 3.39. The molecule has 0 aromatic carbocycles. The van der Waals surface area contributed by atoms with Crippen LogP contribution in [0.4, 0.5) is 0 Å². The van der Waals surface area contributed by atoms with Gasteiger partial charge < -0.3 is 14.2 Å². The normalized spacial score (nSPS) is 12.8. The minimum absolute atomic E-state index is 0.102. The predicted molar refractivity (Wildman–Crippen MR) is 316 cm³/mol. The minimum Gasteiger partial charge on any atom is -0.462 e. The van der Waals surface area contributed by atoms with Crippen LogP contribution in [-0.2, 0) is 28.6 Å². The Bertz CT molecular complexity index is 1440. The number of rotatable bonds is 55. The second-order valence-corrected chi connectivity index (χ2v) is 20.2. The molecule has 0 rings (SSSR count). The molecule has 0 aliphatic carbocycles. The Hall–Kier alpha value is -3.67. The highest BCUT2D eigenvalue weighted by molar-refractivity contribution is 5.71. The van der Waals surface area contributed by atoms with Gasteiger partial charge in [0, 0.05) is 19.3 Å². The number of ether oxygens (including phenoxy) is 3. The number of unbranched alkanes of at least 4 members (excludes halogenated alkanes) is 28. The summed E-state index contributed by atoms with van der Waals surface area (Å²) >= 11 is 0. The standard InChI is InChI=1S/C67H114O6/c1-4-7-10-13-16-18-20-22-23-24-25-26-27-28-29-30-31-32-33-34-35-36-37-38-39-40-41-42-43-45-46-48-51-54-57-60-66(69)72-63-64(62-71-65(68)59-56-53-50-15-12-9-6-3)73-67(70)61-58-55-52-49-47-44-21-19-17-14-11-8-5-2/h7-8,10-11,16-19,22-23,25-26,44,47,52,55,64H,4-6,9,12-15,20-21,24,27-43,45-46,48-51,53-54,56-63H2,1-3H3/b10-7-,11-8-,18-16-,19-17-,23-22-,26-25-,47-44-,55-52-. The fourth-order valence-electron chi connectivity index (χ4n) is 8.57. The van der Waals surface area contributed by atoms with Crippen LogP contribution in [0.1, 0.15) is 290 Å². The highest BCUT2D eigenvalue weighted by Gasteiger charge is 2.19. The quantitative estimate of drug-likeness (QED) is 0.0261. The van der Waals surface area contributed by atoms with E-state index < -0.39 is 6.10 Å². The molecule has 0 aromatic heterocycles. The van der Waals surface area contributed by atoms with Gasteiger partial charge in [0.05, 0.1) is 0 Å². The molecule has 1 atom stereocenters. The van der Waals surface area contributed by atoms with E-state index in [0.29, 0.717) is 19.3 Å². The third-order valence-corrected chi connectivity index (χ3v) is 13.1. The van der Waals surface area contributed by atoms with Gasteiger partial charge in [-0.3, -0.25) is 14.4 Å². The molecular formula is C67H114O6. The Kier molecular flexibility index (Phi) is 57.8. The Labute approximate surface area is 451 Å². The maximum absolute atomic E-state index is 12.7. The lowest BCUT2D eigenvalue weighted by molar-refractivity contribution is -0.166. The molecule has 0 saturated carbocycles. The van der Waals surface area contributed by atoms with Gasteiger partial charge in [0.1, 0.15) is 13.2 Å². The summed E-state index contributed by atoms with van der Waals surface area (Å²) in [7, 11) is 0. The molecule has 0 saturated heterocycles. The third-order valence-electron chi connectivity index (χ3n) is 13.1. The Morgan fingerprint density at radius 1 is 0.288 bits per heavy atom. The van der Waals surface area contributed by atoms with Gasteiger partial charge in [-0.15, -0.1) is 0 Å². The van der Waals surface area contributed by atoms with Crippen molar-refractivity contribution < 1.29 is 28.6 Å². The highest BCUT2D eigenvalue weighted by Crippen LogP contribution is 2.17. The van der Waals surface area contributed by atoms with Crippen molar-refractivity contribution in [1.29, 1.82) is 0 Å². The van der Waals surface area contributed by atoms with Crippen LogP contribution in [0.25, 0.3) is 0 Å². The van der Waals surface area contributed by atoms with Gasteiger partial charge in [-0.05, 0) is 83.5 Å². The van der Waals surface area contributed by atoms with E-state index >= 15 is 0 Å². The van der Waals surface area contributed by atoms with Crippen LogP contribution in [0, 0.1) is 0 Å². The molecule has 0 aliphatic heterocycles. The van der Waals surface area contributed by atoms with Crippen molar-refractivity contribution >= 4 is 17.9 Å². The number of carbonyl (C=O) groups excluding carboxylic acids is 3. The molecule has 73 heavy (non-hydrogen) atoms. The van der Waals surface area contributed by atoms with E-state index in [2.05, 4.69) is 106 Å². The van der Waals surface area contributed by atoms with Crippen molar-refractivity contribution in [3.8, 4) is 0 Å². The topological polar surface area (TPSA) is 78.9 Å². The molecule has 0 spiro atoms. The average molecular weight is 1020 g/mol. The molecule has 0 aromatic rings.